The van der Waals surface area contributed by atoms with E-state index in [-0.39, 0.29) is 5.91 Å². The molecule has 2 heterocycles. The molecule has 0 aromatic carbocycles. The fraction of sp³-hybridized carbons (Fsp3) is 0.444. The summed E-state index contributed by atoms with van der Waals surface area (Å²) in [5.41, 5.74) is 2.86. The summed E-state index contributed by atoms with van der Waals surface area (Å²) in [7, 11) is 0. The molecule has 2 aromatic heterocycles. The number of aromatic nitrogens is 1. The zero-order valence-electron chi connectivity index (χ0n) is 12.8. The van der Waals surface area contributed by atoms with Gasteiger partial charge in [-0.3, -0.25) is 9.78 Å². The molecule has 1 aliphatic rings. The molecule has 1 N–H and O–H groups in total. The quantitative estimate of drug-likeness (QED) is 0.879. The van der Waals surface area contributed by atoms with Gasteiger partial charge < -0.3 is 9.73 Å². The number of hydrogen-bond donors (Lipinski definition) is 1. The second-order valence-corrected chi connectivity index (χ2v) is 6.03. The SMILES string of the molecule is O=C(CCC1CCCC1)NCc1ccc(-c2ccoc2)nc1. The Bertz CT molecular complexity index is 584. The molecule has 22 heavy (non-hydrogen) atoms. The Morgan fingerprint density at radius 2 is 2.14 bits per heavy atom. The van der Waals surface area contributed by atoms with E-state index in [0.29, 0.717) is 13.0 Å². The summed E-state index contributed by atoms with van der Waals surface area (Å²) >= 11 is 0. The van der Waals surface area contributed by atoms with Crippen LogP contribution in [0.4, 0.5) is 0 Å². The van der Waals surface area contributed by atoms with Crippen LogP contribution in [0.5, 0.6) is 0 Å². The first-order chi connectivity index (χ1) is 10.8. The maximum absolute atomic E-state index is 11.9. The molecule has 1 aliphatic carbocycles. The number of carbonyl (C=O) groups excluding carboxylic acids is 1. The van der Waals surface area contributed by atoms with Crippen molar-refractivity contribution in [2.24, 2.45) is 5.92 Å². The van der Waals surface area contributed by atoms with Gasteiger partial charge in [0.15, 0.2) is 0 Å². The normalized spacial score (nSPS) is 15.1. The van der Waals surface area contributed by atoms with Crippen molar-refractivity contribution in [2.75, 3.05) is 0 Å². The molecule has 1 fully saturated rings. The number of hydrogen-bond acceptors (Lipinski definition) is 3. The Balaban J connectivity index is 1.43. The summed E-state index contributed by atoms with van der Waals surface area (Å²) in [6, 6.07) is 5.82. The lowest BCUT2D eigenvalue weighted by Crippen LogP contribution is -2.23. The van der Waals surface area contributed by atoms with Crippen LogP contribution < -0.4 is 5.32 Å². The summed E-state index contributed by atoms with van der Waals surface area (Å²) in [6.07, 6.45) is 12.1. The molecule has 0 aliphatic heterocycles. The van der Waals surface area contributed by atoms with E-state index >= 15 is 0 Å². The second-order valence-electron chi connectivity index (χ2n) is 6.03. The number of carbonyl (C=O) groups is 1. The van der Waals surface area contributed by atoms with Crippen molar-refractivity contribution in [3.05, 3.63) is 42.5 Å². The van der Waals surface area contributed by atoms with Crippen molar-refractivity contribution < 1.29 is 9.21 Å². The minimum Gasteiger partial charge on any atom is -0.472 e. The number of nitrogens with zero attached hydrogens (tertiary/aromatic N) is 1. The largest absolute Gasteiger partial charge is 0.472 e. The average Bonchev–Trinajstić information content (AvgIpc) is 3.24. The van der Waals surface area contributed by atoms with Gasteiger partial charge >= 0.3 is 0 Å². The van der Waals surface area contributed by atoms with Gasteiger partial charge in [-0.1, -0.05) is 31.7 Å². The van der Waals surface area contributed by atoms with Gasteiger partial charge in [0.25, 0.3) is 0 Å². The van der Waals surface area contributed by atoms with Crippen LogP contribution in [0.25, 0.3) is 11.3 Å². The molecule has 4 nitrogen and oxygen atoms in total. The third-order valence-corrected chi connectivity index (χ3v) is 4.39. The molecule has 0 radical (unpaired) electrons. The molecule has 2 aromatic rings. The Morgan fingerprint density at radius 3 is 2.82 bits per heavy atom. The Morgan fingerprint density at radius 1 is 1.27 bits per heavy atom. The number of rotatable bonds is 6. The maximum Gasteiger partial charge on any atom is 0.220 e. The van der Waals surface area contributed by atoms with Crippen LogP contribution in [0.2, 0.25) is 0 Å². The van der Waals surface area contributed by atoms with E-state index < -0.39 is 0 Å². The Kier molecular flexibility index (Phi) is 4.88. The highest BCUT2D eigenvalue weighted by Crippen LogP contribution is 2.28. The molecule has 1 saturated carbocycles. The highest BCUT2D eigenvalue weighted by Gasteiger charge is 2.15. The zero-order chi connectivity index (χ0) is 15.2. The number of pyridine rings is 1. The highest BCUT2D eigenvalue weighted by atomic mass is 16.3. The number of amides is 1. The van der Waals surface area contributed by atoms with Crippen LogP contribution in [0, 0.1) is 5.92 Å². The molecule has 0 spiro atoms. The lowest BCUT2D eigenvalue weighted by molar-refractivity contribution is -0.121. The van der Waals surface area contributed by atoms with Crippen LogP contribution in [-0.2, 0) is 11.3 Å². The molecule has 0 saturated heterocycles. The molecule has 0 atom stereocenters. The van der Waals surface area contributed by atoms with E-state index in [4.69, 9.17) is 4.42 Å². The molecule has 1 amide bonds. The standard InChI is InChI=1S/C18H22N2O2/c21-18(8-6-14-3-1-2-4-14)20-12-15-5-7-17(19-11-15)16-9-10-22-13-16/h5,7,9-11,13-14H,1-4,6,8,12H2,(H,20,21). The van der Waals surface area contributed by atoms with Crippen LogP contribution in [-0.4, -0.2) is 10.9 Å². The molecule has 116 valence electrons. The third-order valence-electron chi connectivity index (χ3n) is 4.39. The van der Waals surface area contributed by atoms with Crippen molar-refractivity contribution in [2.45, 2.75) is 45.1 Å². The van der Waals surface area contributed by atoms with Gasteiger partial charge in [0.05, 0.1) is 18.2 Å². The van der Waals surface area contributed by atoms with E-state index in [1.54, 1.807) is 18.7 Å². The van der Waals surface area contributed by atoms with Gasteiger partial charge in [0, 0.05) is 24.7 Å². The van der Waals surface area contributed by atoms with E-state index in [2.05, 4.69) is 10.3 Å². The lowest BCUT2D eigenvalue weighted by Gasteiger charge is -2.09. The van der Waals surface area contributed by atoms with Crippen molar-refractivity contribution >= 4 is 5.91 Å². The highest BCUT2D eigenvalue weighted by molar-refractivity contribution is 5.75. The van der Waals surface area contributed by atoms with Crippen LogP contribution in [0.15, 0.2) is 41.3 Å². The average molecular weight is 298 g/mol. The summed E-state index contributed by atoms with van der Waals surface area (Å²) in [4.78, 5) is 16.3. The molecular weight excluding hydrogens is 276 g/mol. The molecule has 0 bridgehead atoms. The smallest absolute Gasteiger partial charge is 0.220 e. The topological polar surface area (TPSA) is 55.1 Å². The first-order valence-corrected chi connectivity index (χ1v) is 8.05. The summed E-state index contributed by atoms with van der Waals surface area (Å²) in [5.74, 6) is 0.910. The zero-order valence-corrected chi connectivity index (χ0v) is 12.8. The first-order valence-electron chi connectivity index (χ1n) is 8.05. The molecule has 0 unspecified atom stereocenters. The fourth-order valence-electron chi connectivity index (χ4n) is 3.03. The van der Waals surface area contributed by atoms with Crippen molar-refractivity contribution in [1.29, 1.82) is 0 Å². The predicted molar refractivity (Wildman–Crippen MR) is 85.0 cm³/mol. The minimum absolute atomic E-state index is 0.144. The van der Waals surface area contributed by atoms with Gasteiger partial charge in [0.1, 0.15) is 0 Å². The lowest BCUT2D eigenvalue weighted by atomic mass is 10.0. The number of nitrogens with one attached hydrogen (secondary N) is 1. The first kappa shape index (κ1) is 14.8. The summed E-state index contributed by atoms with van der Waals surface area (Å²) < 4.78 is 5.05. The summed E-state index contributed by atoms with van der Waals surface area (Å²) in [5, 5.41) is 2.98. The van der Waals surface area contributed by atoms with E-state index in [1.165, 1.54) is 25.7 Å². The predicted octanol–water partition coefficient (Wildman–Crippen LogP) is 3.93. The van der Waals surface area contributed by atoms with Gasteiger partial charge in [-0.15, -0.1) is 0 Å². The Labute approximate surface area is 130 Å². The second kappa shape index (κ2) is 7.25. The van der Waals surface area contributed by atoms with E-state index in [1.807, 2.05) is 18.2 Å². The molecule has 3 rings (SSSR count). The van der Waals surface area contributed by atoms with Crippen LogP contribution in [0.1, 0.15) is 44.1 Å². The van der Waals surface area contributed by atoms with Crippen molar-refractivity contribution in [1.82, 2.24) is 10.3 Å². The van der Waals surface area contributed by atoms with E-state index in [0.717, 1.165) is 29.2 Å². The maximum atomic E-state index is 11.9. The fourth-order valence-corrected chi connectivity index (χ4v) is 3.03. The van der Waals surface area contributed by atoms with Crippen LogP contribution in [0.3, 0.4) is 0 Å². The number of furan rings is 1. The Hall–Kier alpha value is -2.10. The van der Waals surface area contributed by atoms with E-state index in [9.17, 15) is 4.79 Å². The van der Waals surface area contributed by atoms with Crippen molar-refractivity contribution in [3.8, 4) is 11.3 Å². The monoisotopic (exact) mass is 298 g/mol. The van der Waals surface area contributed by atoms with Gasteiger partial charge in [-0.25, -0.2) is 0 Å². The van der Waals surface area contributed by atoms with Gasteiger partial charge in [-0.05, 0) is 30.0 Å². The molecular formula is C18H22N2O2. The molecule has 4 heteroatoms. The van der Waals surface area contributed by atoms with Gasteiger partial charge in [0.2, 0.25) is 5.91 Å². The van der Waals surface area contributed by atoms with Crippen molar-refractivity contribution in [3.63, 3.8) is 0 Å². The van der Waals surface area contributed by atoms with Gasteiger partial charge in [-0.2, -0.15) is 0 Å². The third kappa shape index (κ3) is 3.97. The summed E-state index contributed by atoms with van der Waals surface area (Å²) in [6.45, 7) is 0.544. The minimum atomic E-state index is 0.144. The van der Waals surface area contributed by atoms with Crippen LogP contribution >= 0.6 is 0 Å².